The van der Waals surface area contributed by atoms with E-state index in [1.165, 1.54) is 0 Å². The van der Waals surface area contributed by atoms with Crippen molar-refractivity contribution < 1.29 is 9.53 Å². The lowest BCUT2D eigenvalue weighted by Crippen LogP contribution is -2.52. The molecule has 0 aromatic carbocycles. The normalized spacial score (nSPS) is 26.1. The Labute approximate surface area is 155 Å². The number of ether oxygens (including phenoxy) is 1. The van der Waals surface area contributed by atoms with E-state index in [9.17, 15) is 4.79 Å². The molecule has 3 aliphatic heterocycles. The van der Waals surface area contributed by atoms with Gasteiger partial charge >= 0.3 is 0 Å². The number of likely N-dealkylation sites (tertiary alicyclic amines) is 1. The van der Waals surface area contributed by atoms with E-state index in [0.29, 0.717) is 25.2 Å². The number of carbonyl (C=O) groups is 1. The summed E-state index contributed by atoms with van der Waals surface area (Å²) in [4.78, 5) is 28.3. The minimum Gasteiger partial charge on any atom is -0.378 e. The summed E-state index contributed by atoms with van der Waals surface area (Å²) in [5.74, 6) is 1.49. The average molecular weight is 359 g/mol. The Morgan fingerprint density at radius 1 is 1.04 bits per heavy atom. The quantitative estimate of drug-likeness (QED) is 0.803. The number of rotatable bonds is 3. The number of aromatic nitrogens is 2. The lowest BCUT2D eigenvalue weighted by molar-refractivity contribution is -0.141. The van der Waals surface area contributed by atoms with E-state index in [1.807, 2.05) is 11.1 Å². The van der Waals surface area contributed by atoms with Gasteiger partial charge in [0.1, 0.15) is 5.82 Å². The fourth-order valence-corrected chi connectivity index (χ4v) is 4.50. The van der Waals surface area contributed by atoms with Gasteiger partial charge in [-0.25, -0.2) is 4.98 Å². The number of nitrogens with zero attached hydrogens (tertiary/aromatic N) is 5. The Bertz CT molecular complexity index is 585. The fourth-order valence-electron chi connectivity index (χ4n) is 4.50. The molecule has 1 aromatic heterocycles. The van der Waals surface area contributed by atoms with Gasteiger partial charge in [-0.2, -0.15) is 0 Å². The molecule has 7 nitrogen and oxygen atoms in total. The molecule has 3 aliphatic rings. The minimum atomic E-state index is 0.167. The topological polar surface area (TPSA) is 61.8 Å². The van der Waals surface area contributed by atoms with Crippen LogP contribution < -0.4 is 4.90 Å². The van der Waals surface area contributed by atoms with E-state index in [2.05, 4.69) is 19.8 Å². The molecule has 0 N–H and O–H groups in total. The van der Waals surface area contributed by atoms with Crippen LogP contribution in [0.5, 0.6) is 0 Å². The third kappa shape index (κ3) is 3.99. The van der Waals surface area contributed by atoms with Crippen LogP contribution in [0.2, 0.25) is 0 Å². The van der Waals surface area contributed by atoms with Crippen molar-refractivity contribution in [3.05, 3.63) is 18.6 Å². The van der Waals surface area contributed by atoms with Crippen molar-refractivity contribution in [2.24, 2.45) is 5.92 Å². The standard InChI is InChI=1S/C19H29N5O2/c25-19(23-10-12-26-13-11-23)16-2-1-7-24(15-16)17-3-8-22(9-4-17)18-14-20-5-6-21-18/h5-6,14,16-17H,1-4,7-13,15H2/t16-/m0/s1. The monoisotopic (exact) mass is 359 g/mol. The summed E-state index contributed by atoms with van der Waals surface area (Å²) in [5.41, 5.74) is 0. The number of morpholine rings is 1. The van der Waals surface area contributed by atoms with Crippen molar-refractivity contribution in [2.45, 2.75) is 31.7 Å². The Morgan fingerprint density at radius 3 is 2.58 bits per heavy atom. The van der Waals surface area contributed by atoms with Gasteiger partial charge in [0.2, 0.25) is 5.91 Å². The molecule has 3 saturated heterocycles. The highest BCUT2D eigenvalue weighted by Crippen LogP contribution is 2.26. The first-order valence-electron chi connectivity index (χ1n) is 9.93. The summed E-state index contributed by atoms with van der Waals surface area (Å²) < 4.78 is 5.38. The van der Waals surface area contributed by atoms with Crippen LogP contribution in [0, 0.1) is 5.92 Å². The average Bonchev–Trinajstić information content (AvgIpc) is 2.75. The van der Waals surface area contributed by atoms with Crippen molar-refractivity contribution in [3.8, 4) is 0 Å². The zero-order valence-corrected chi connectivity index (χ0v) is 15.4. The Morgan fingerprint density at radius 2 is 1.85 bits per heavy atom. The summed E-state index contributed by atoms with van der Waals surface area (Å²) in [5, 5.41) is 0. The smallest absolute Gasteiger partial charge is 0.227 e. The highest BCUT2D eigenvalue weighted by molar-refractivity contribution is 5.79. The van der Waals surface area contributed by atoms with Crippen LogP contribution in [0.3, 0.4) is 0 Å². The van der Waals surface area contributed by atoms with Gasteiger partial charge in [-0.1, -0.05) is 0 Å². The summed E-state index contributed by atoms with van der Waals surface area (Å²) in [6.07, 6.45) is 9.75. The lowest BCUT2D eigenvalue weighted by atomic mass is 9.92. The molecule has 7 heteroatoms. The van der Waals surface area contributed by atoms with Crippen molar-refractivity contribution in [2.75, 3.05) is 57.4 Å². The molecule has 0 aliphatic carbocycles. The maximum atomic E-state index is 12.8. The summed E-state index contributed by atoms with van der Waals surface area (Å²) >= 11 is 0. The van der Waals surface area contributed by atoms with E-state index >= 15 is 0 Å². The van der Waals surface area contributed by atoms with Gasteiger partial charge in [0.25, 0.3) is 0 Å². The molecule has 3 fully saturated rings. The molecular weight excluding hydrogens is 330 g/mol. The van der Waals surface area contributed by atoms with Crippen LogP contribution >= 0.6 is 0 Å². The van der Waals surface area contributed by atoms with E-state index in [1.54, 1.807) is 12.4 Å². The lowest BCUT2D eigenvalue weighted by Gasteiger charge is -2.43. The van der Waals surface area contributed by atoms with Crippen LogP contribution in [0.25, 0.3) is 0 Å². The van der Waals surface area contributed by atoms with Gasteiger partial charge in [-0.05, 0) is 32.2 Å². The molecule has 26 heavy (non-hydrogen) atoms. The van der Waals surface area contributed by atoms with Crippen molar-refractivity contribution in [3.63, 3.8) is 0 Å². The van der Waals surface area contributed by atoms with Crippen molar-refractivity contribution in [1.82, 2.24) is 19.8 Å². The third-order valence-corrected chi connectivity index (χ3v) is 5.98. The molecule has 1 atom stereocenters. The first-order chi connectivity index (χ1) is 12.8. The highest BCUT2D eigenvalue weighted by atomic mass is 16.5. The van der Waals surface area contributed by atoms with Crippen molar-refractivity contribution in [1.29, 1.82) is 0 Å². The number of hydrogen-bond donors (Lipinski definition) is 0. The van der Waals surface area contributed by atoms with Gasteiger partial charge in [0.15, 0.2) is 0 Å². The second-order valence-electron chi connectivity index (χ2n) is 7.55. The zero-order valence-electron chi connectivity index (χ0n) is 15.4. The van der Waals surface area contributed by atoms with Crippen LogP contribution in [0.1, 0.15) is 25.7 Å². The van der Waals surface area contributed by atoms with Gasteiger partial charge in [0, 0.05) is 51.2 Å². The molecule has 142 valence electrons. The van der Waals surface area contributed by atoms with E-state index in [0.717, 1.165) is 70.8 Å². The third-order valence-electron chi connectivity index (χ3n) is 5.98. The Kier molecular flexibility index (Phi) is 5.65. The van der Waals surface area contributed by atoms with E-state index < -0.39 is 0 Å². The Hall–Kier alpha value is -1.73. The molecule has 0 spiro atoms. The van der Waals surface area contributed by atoms with Crippen LogP contribution in [-0.2, 0) is 9.53 Å². The predicted octanol–water partition coefficient (Wildman–Crippen LogP) is 1.02. The number of carbonyl (C=O) groups excluding carboxylic acids is 1. The second kappa shape index (κ2) is 8.31. The zero-order chi connectivity index (χ0) is 17.8. The minimum absolute atomic E-state index is 0.167. The van der Waals surface area contributed by atoms with Crippen LogP contribution in [-0.4, -0.2) is 84.2 Å². The maximum absolute atomic E-state index is 12.8. The highest BCUT2D eigenvalue weighted by Gasteiger charge is 2.34. The fraction of sp³-hybridized carbons (Fsp3) is 0.737. The van der Waals surface area contributed by atoms with Gasteiger partial charge in [-0.15, -0.1) is 0 Å². The second-order valence-corrected chi connectivity index (χ2v) is 7.55. The summed E-state index contributed by atoms with van der Waals surface area (Å²) in [7, 11) is 0. The van der Waals surface area contributed by atoms with E-state index in [-0.39, 0.29) is 5.92 Å². The maximum Gasteiger partial charge on any atom is 0.227 e. The first kappa shape index (κ1) is 17.7. The van der Waals surface area contributed by atoms with Gasteiger partial charge in [-0.3, -0.25) is 14.7 Å². The van der Waals surface area contributed by atoms with Gasteiger partial charge in [0.05, 0.1) is 25.3 Å². The van der Waals surface area contributed by atoms with Crippen LogP contribution in [0.15, 0.2) is 18.6 Å². The summed E-state index contributed by atoms with van der Waals surface area (Å²) in [6.45, 7) is 6.96. The predicted molar refractivity (Wildman–Crippen MR) is 99.0 cm³/mol. The SMILES string of the molecule is O=C([C@H]1CCCN(C2CCN(c3cnccn3)CC2)C1)N1CCOCC1. The molecule has 1 amide bonds. The first-order valence-corrected chi connectivity index (χ1v) is 9.93. The molecule has 0 bridgehead atoms. The molecule has 4 rings (SSSR count). The number of piperidine rings is 2. The molecule has 0 radical (unpaired) electrons. The largest absolute Gasteiger partial charge is 0.378 e. The summed E-state index contributed by atoms with van der Waals surface area (Å²) in [6, 6.07) is 0.586. The van der Waals surface area contributed by atoms with E-state index in [4.69, 9.17) is 4.74 Å². The number of hydrogen-bond acceptors (Lipinski definition) is 6. The number of anilines is 1. The molecule has 0 saturated carbocycles. The Balaban J connectivity index is 1.30. The number of amides is 1. The molecule has 0 unspecified atom stereocenters. The van der Waals surface area contributed by atoms with Gasteiger partial charge < -0.3 is 14.5 Å². The van der Waals surface area contributed by atoms with Crippen LogP contribution in [0.4, 0.5) is 5.82 Å². The molecule has 4 heterocycles. The van der Waals surface area contributed by atoms with Crippen molar-refractivity contribution >= 4 is 11.7 Å². The molecule has 1 aromatic rings. The molecular formula is C19H29N5O2.